The maximum atomic E-state index is 12.3. The second-order valence-corrected chi connectivity index (χ2v) is 17.8. The monoisotopic (exact) mass is 1070 g/mol. The van der Waals surface area contributed by atoms with Gasteiger partial charge in [0.2, 0.25) is 11.8 Å². The van der Waals surface area contributed by atoms with Crippen molar-refractivity contribution in [1.82, 2.24) is 48.5 Å². The number of likely N-dealkylation sites (tertiary alicyclic amines) is 2. The smallest absolute Gasteiger partial charge is 0.255 e. The largest absolute Gasteiger partial charge is 0.383 e. The number of carbonyl (C=O) groups excluding carboxylic acids is 4. The Bertz CT molecular complexity index is 3140. The first kappa shape index (κ1) is 53.2. The molecule has 71 heavy (non-hydrogen) atoms. The molecular formula is C48H53BrCl2N14O6. The summed E-state index contributed by atoms with van der Waals surface area (Å²) in [5.41, 5.74) is 28.3. The van der Waals surface area contributed by atoms with Crippen molar-refractivity contribution in [3.63, 3.8) is 0 Å². The topological polar surface area (TPSA) is 269 Å². The molecule has 0 radical (unpaired) electrons. The van der Waals surface area contributed by atoms with E-state index in [1.165, 1.54) is 21.5 Å². The van der Waals surface area contributed by atoms with Crippen LogP contribution in [0.5, 0.6) is 0 Å². The van der Waals surface area contributed by atoms with Crippen molar-refractivity contribution in [2.45, 2.75) is 63.9 Å². The number of methoxy groups -OCH3 is 2. The molecule has 20 nitrogen and oxygen atoms in total. The van der Waals surface area contributed by atoms with Crippen LogP contribution in [0.1, 0.15) is 76.3 Å². The van der Waals surface area contributed by atoms with Crippen LogP contribution in [0.2, 0.25) is 10.0 Å². The molecule has 8 rings (SSSR count). The van der Waals surface area contributed by atoms with Crippen molar-refractivity contribution >= 4 is 96.5 Å². The summed E-state index contributed by atoms with van der Waals surface area (Å²) in [7, 11) is 3.15. The molecule has 8 N–H and O–H groups in total. The maximum absolute atomic E-state index is 12.3. The van der Waals surface area contributed by atoms with Gasteiger partial charge in [-0.2, -0.15) is 10.2 Å². The number of terminal acetylenes is 1. The highest BCUT2D eigenvalue weighted by Gasteiger charge is 2.39. The summed E-state index contributed by atoms with van der Waals surface area (Å²) in [6.45, 7) is 14.3. The molecular weight excluding hydrogens is 1020 g/mol. The Morgan fingerprint density at radius 2 is 1.21 bits per heavy atom. The molecule has 4 amide bonds. The molecule has 2 fully saturated rings. The zero-order chi connectivity index (χ0) is 51.8. The fraction of sp³-hybridized carbons (Fsp3) is 0.333. The van der Waals surface area contributed by atoms with E-state index in [-0.39, 0.29) is 64.4 Å². The Morgan fingerprint density at radius 3 is 1.63 bits per heavy atom. The van der Waals surface area contributed by atoms with Gasteiger partial charge >= 0.3 is 0 Å². The van der Waals surface area contributed by atoms with Gasteiger partial charge in [-0.15, -0.1) is 6.42 Å². The lowest BCUT2D eigenvalue weighted by atomic mass is 10.1. The molecule has 0 saturated carbocycles. The Balaban J connectivity index is 0.000000194. The van der Waals surface area contributed by atoms with Crippen LogP contribution in [0.25, 0.3) is 22.1 Å². The Morgan fingerprint density at radius 1 is 0.761 bits per heavy atom. The number of carbonyl (C=O) groups is 4. The molecule has 2 aliphatic rings. The van der Waals surface area contributed by atoms with Gasteiger partial charge in [-0.1, -0.05) is 48.2 Å². The number of amides is 4. The van der Waals surface area contributed by atoms with Crippen molar-refractivity contribution < 1.29 is 28.7 Å². The molecule has 0 aliphatic carbocycles. The Hall–Kier alpha value is -7.14. The number of ether oxygens (including phenoxy) is 2. The molecule has 0 spiro atoms. The number of aromatic nitrogens is 8. The van der Waals surface area contributed by atoms with Gasteiger partial charge in [0.05, 0.1) is 82.1 Å². The van der Waals surface area contributed by atoms with Gasteiger partial charge < -0.3 is 51.3 Å². The lowest BCUT2D eigenvalue weighted by Crippen LogP contribution is -2.37. The second-order valence-electron chi connectivity index (χ2n) is 16.3. The fourth-order valence-corrected chi connectivity index (χ4v) is 9.58. The van der Waals surface area contributed by atoms with E-state index in [1.807, 2.05) is 28.2 Å². The predicted molar refractivity (Wildman–Crippen MR) is 275 cm³/mol. The third-order valence-electron chi connectivity index (χ3n) is 12.0. The Labute approximate surface area is 428 Å². The summed E-state index contributed by atoms with van der Waals surface area (Å²) < 4.78 is 17.8. The standard InChI is InChI=1S/C24H26ClN7O3.C13H18BrN5O3.C11H9ClN2/c1-4-21(33)31-11-15(9-16(31)12-35-3)32-23(26)22(24(27)34)18(29-32)7-6-14-8-19-20(10-17(14)25)30(5-2)13-28-19;1-3-9(20)18-5-7(4-8(18)6-22-2)19-12(15)10(13(16)21)11(14)17-19;1-3-8-5-10-11(6-9(8)12)14(4-2)7-13-10/h4,8,10,13,15-16H,1,5,9,11-12,26H2,2-3H3,(H2,27,34);3,7-8H,1,4-6,15H2,2H3,(H2,16,21);1,5-7H,4H2,2H3/t15-,16+;7-,8+;/m00./s1. The zero-order valence-corrected chi connectivity index (χ0v) is 42.5. The van der Waals surface area contributed by atoms with Crippen LogP contribution in [-0.4, -0.2) is 125 Å². The van der Waals surface area contributed by atoms with E-state index in [0.717, 1.165) is 35.2 Å². The molecule has 0 unspecified atom stereocenters. The van der Waals surface area contributed by atoms with Crippen molar-refractivity contribution in [3.8, 4) is 24.2 Å². The summed E-state index contributed by atoms with van der Waals surface area (Å²) in [5, 5.41) is 9.79. The van der Waals surface area contributed by atoms with E-state index in [1.54, 1.807) is 48.8 Å². The summed E-state index contributed by atoms with van der Waals surface area (Å²) in [6.07, 6.45) is 12.5. The number of nitrogen functional groups attached to an aromatic ring is 2. The zero-order valence-electron chi connectivity index (χ0n) is 39.4. The lowest BCUT2D eigenvalue weighted by molar-refractivity contribution is -0.128. The molecule has 6 aromatic rings. The molecule has 2 saturated heterocycles. The number of nitrogens with zero attached hydrogens (tertiary/aromatic N) is 10. The molecule has 4 atom stereocenters. The predicted octanol–water partition coefficient (Wildman–Crippen LogP) is 4.95. The van der Waals surface area contributed by atoms with Crippen molar-refractivity contribution in [2.75, 3.05) is 52.0 Å². The average molecular weight is 1070 g/mol. The van der Waals surface area contributed by atoms with E-state index in [0.29, 0.717) is 64.9 Å². The summed E-state index contributed by atoms with van der Waals surface area (Å²) >= 11 is 15.7. The van der Waals surface area contributed by atoms with Gasteiger partial charge in [-0.3, -0.25) is 19.2 Å². The highest BCUT2D eigenvalue weighted by molar-refractivity contribution is 9.10. The molecule has 6 heterocycles. The molecule has 23 heteroatoms. The number of primary amides is 2. The first-order valence-corrected chi connectivity index (χ1v) is 23.6. The quantitative estimate of drug-likeness (QED) is 0.0937. The van der Waals surface area contributed by atoms with E-state index < -0.39 is 11.8 Å². The second kappa shape index (κ2) is 23.2. The fourth-order valence-electron chi connectivity index (χ4n) is 8.59. The molecule has 2 aromatic carbocycles. The minimum Gasteiger partial charge on any atom is -0.383 e. The third-order valence-corrected chi connectivity index (χ3v) is 13.2. The maximum Gasteiger partial charge on any atom is 0.255 e. The van der Waals surface area contributed by atoms with Crippen LogP contribution in [-0.2, 0) is 32.2 Å². The number of rotatable bonds is 12. The van der Waals surface area contributed by atoms with E-state index in [9.17, 15) is 19.2 Å². The van der Waals surface area contributed by atoms with E-state index in [2.05, 4.69) is 73.9 Å². The molecule has 4 aromatic heterocycles. The minimum atomic E-state index is -0.744. The number of imidazole rings is 2. The minimum absolute atomic E-state index is 0.0294. The Kier molecular flexibility index (Phi) is 17.4. The van der Waals surface area contributed by atoms with Crippen LogP contribution < -0.4 is 22.9 Å². The SMILES string of the molecule is C#Cc1cc2ncn(CC)c2cc1Cl.C=CC(=O)N1C[C@@H](n2nc(Br)c(C(N)=O)c2N)C[C@@H]1COC.C=CC(=O)N1C[C@@H](n2nc(C#Cc3cc4ncn(CC)c4cc3Cl)c(C(N)=O)c2N)C[C@@H]1COC. The number of hydrogen-bond acceptors (Lipinski definition) is 12. The van der Waals surface area contributed by atoms with Crippen LogP contribution in [0, 0.1) is 24.2 Å². The van der Waals surface area contributed by atoms with Gasteiger partial charge in [0.1, 0.15) is 27.4 Å². The van der Waals surface area contributed by atoms with Crippen LogP contribution in [0.15, 0.2) is 66.8 Å². The molecule has 0 bridgehead atoms. The van der Waals surface area contributed by atoms with Crippen LogP contribution >= 0.6 is 39.1 Å². The number of nitrogens with two attached hydrogens (primary N) is 4. The average Bonchev–Trinajstić information content (AvgIpc) is 4.22. The lowest BCUT2D eigenvalue weighted by Gasteiger charge is -2.22. The third kappa shape index (κ3) is 11.3. The summed E-state index contributed by atoms with van der Waals surface area (Å²) in [6, 6.07) is 6.57. The van der Waals surface area contributed by atoms with Gasteiger partial charge in [-0.05, 0) is 85.0 Å². The summed E-state index contributed by atoms with van der Waals surface area (Å²) in [4.78, 5) is 59.9. The normalized spacial score (nSPS) is 17.2. The van der Waals surface area contributed by atoms with Crippen molar-refractivity contribution in [1.29, 1.82) is 0 Å². The summed E-state index contributed by atoms with van der Waals surface area (Å²) in [5.74, 6) is 6.90. The molecule has 372 valence electrons. The van der Waals surface area contributed by atoms with Crippen LogP contribution in [0.3, 0.4) is 0 Å². The van der Waals surface area contributed by atoms with Crippen LogP contribution in [0.4, 0.5) is 11.6 Å². The number of anilines is 2. The number of benzene rings is 2. The van der Waals surface area contributed by atoms with Gasteiger partial charge in [0, 0.05) is 51.5 Å². The van der Waals surface area contributed by atoms with Gasteiger partial charge in [-0.25, -0.2) is 19.3 Å². The number of halogens is 3. The highest BCUT2D eigenvalue weighted by atomic mass is 79.9. The highest BCUT2D eigenvalue weighted by Crippen LogP contribution is 2.34. The number of hydrogen-bond donors (Lipinski definition) is 4. The van der Waals surface area contributed by atoms with E-state index >= 15 is 0 Å². The number of aryl methyl sites for hydroxylation is 2. The molecule has 2 aliphatic heterocycles. The first-order chi connectivity index (χ1) is 33.9. The number of fused-ring (bicyclic) bond motifs is 2. The van der Waals surface area contributed by atoms with Gasteiger partial charge in [0.25, 0.3) is 11.8 Å². The van der Waals surface area contributed by atoms with E-state index in [4.69, 9.17) is 62.0 Å². The van der Waals surface area contributed by atoms with Gasteiger partial charge in [0.15, 0.2) is 5.69 Å². The van der Waals surface area contributed by atoms with Crippen molar-refractivity contribution in [2.24, 2.45) is 11.5 Å². The van der Waals surface area contributed by atoms with Crippen molar-refractivity contribution in [3.05, 3.63) is 105 Å². The first-order valence-electron chi connectivity index (χ1n) is 22.1.